The molecule has 4 nitrogen and oxygen atoms in total. The van der Waals surface area contributed by atoms with Crippen molar-refractivity contribution >= 4 is 17.5 Å². The van der Waals surface area contributed by atoms with Crippen molar-refractivity contribution in [2.24, 2.45) is 0 Å². The van der Waals surface area contributed by atoms with Crippen molar-refractivity contribution in [1.82, 2.24) is 5.32 Å². The summed E-state index contributed by atoms with van der Waals surface area (Å²) in [5.41, 5.74) is 0.834. The van der Waals surface area contributed by atoms with Gasteiger partial charge in [0.1, 0.15) is 0 Å². The molecule has 1 atom stereocenters. The van der Waals surface area contributed by atoms with Crippen molar-refractivity contribution in [1.29, 1.82) is 0 Å². The van der Waals surface area contributed by atoms with Gasteiger partial charge in [-0.25, -0.2) is 0 Å². The molecular weight excluding hydrogens is 345 g/mol. The molecule has 1 aliphatic heterocycles. The molecule has 0 spiro atoms. The third-order valence-corrected chi connectivity index (χ3v) is 4.26. The lowest BCUT2D eigenvalue weighted by Crippen LogP contribution is -2.37. The number of hydrogen-bond donors (Lipinski definition) is 1. The van der Waals surface area contributed by atoms with Crippen LogP contribution in [-0.4, -0.2) is 24.4 Å². The van der Waals surface area contributed by atoms with E-state index in [1.807, 2.05) is 31.2 Å². The van der Waals surface area contributed by atoms with Crippen LogP contribution in [0.4, 0.5) is 18.9 Å². The minimum atomic E-state index is -4.51. The number of alkyl halides is 3. The zero-order valence-corrected chi connectivity index (χ0v) is 14.0. The second kappa shape index (κ2) is 6.82. The maximum absolute atomic E-state index is 12.8. The second-order valence-electron chi connectivity index (χ2n) is 6.29. The summed E-state index contributed by atoms with van der Waals surface area (Å²) < 4.78 is 38.3. The second-order valence-corrected chi connectivity index (χ2v) is 6.29. The van der Waals surface area contributed by atoms with Crippen molar-refractivity contribution in [3.05, 3.63) is 65.2 Å². The van der Waals surface area contributed by atoms with Gasteiger partial charge in [0.2, 0.25) is 5.91 Å². The molecule has 0 aliphatic carbocycles. The first kappa shape index (κ1) is 18.0. The van der Waals surface area contributed by atoms with Gasteiger partial charge in [0.05, 0.1) is 11.6 Å². The lowest BCUT2D eigenvalue weighted by molar-refractivity contribution is -0.137. The highest BCUT2D eigenvalue weighted by Gasteiger charge is 2.33. The Labute approximate surface area is 148 Å². The Bertz CT molecular complexity index is 831. The summed E-state index contributed by atoms with van der Waals surface area (Å²) in [6.45, 7) is 2.22. The van der Waals surface area contributed by atoms with E-state index in [1.54, 1.807) is 4.90 Å². The van der Waals surface area contributed by atoms with Gasteiger partial charge in [-0.2, -0.15) is 13.2 Å². The molecule has 2 amide bonds. The monoisotopic (exact) mass is 362 g/mol. The zero-order valence-electron chi connectivity index (χ0n) is 14.0. The molecule has 1 fully saturated rings. The molecule has 0 bridgehead atoms. The molecule has 0 radical (unpaired) electrons. The zero-order chi connectivity index (χ0) is 18.9. The maximum atomic E-state index is 12.8. The lowest BCUT2D eigenvalue weighted by atomic mass is 10.1. The Kier molecular flexibility index (Phi) is 4.71. The van der Waals surface area contributed by atoms with E-state index < -0.39 is 23.7 Å². The fraction of sp³-hybridized carbons (Fsp3) is 0.263. The summed E-state index contributed by atoms with van der Waals surface area (Å²) in [7, 11) is 0. The van der Waals surface area contributed by atoms with Gasteiger partial charge in [-0.15, -0.1) is 0 Å². The molecule has 2 aromatic rings. The van der Waals surface area contributed by atoms with E-state index in [-0.39, 0.29) is 24.4 Å². The van der Waals surface area contributed by atoms with Gasteiger partial charge in [0.15, 0.2) is 0 Å². The number of rotatable bonds is 3. The molecule has 3 rings (SSSR count). The van der Waals surface area contributed by atoms with Gasteiger partial charge in [0.25, 0.3) is 5.91 Å². The largest absolute Gasteiger partial charge is 0.416 e. The fourth-order valence-electron chi connectivity index (χ4n) is 2.88. The van der Waals surface area contributed by atoms with Gasteiger partial charge in [0, 0.05) is 24.2 Å². The summed E-state index contributed by atoms with van der Waals surface area (Å²) in [5.74, 6) is -0.761. The number of nitrogens with zero attached hydrogens (tertiary/aromatic N) is 1. The van der Waals surface area contributed by atoms with E-state index in [9.17, 15) is 22.8 Å². The minimum absolute atomic E-state index is 0.0824. The maximum Gasteiger partial charge on any atom is 0.416 e. The molecule has 136 valence electrons. The van der Waals surface area contributed by atoms with E-state index in [0.29, 0.717) is 0 Å². The number of halogens is 3. The smallest absolute Gasteiger partial charge is 0.347 e. The highest BCUT2D eigenvalue weighted by Crippen LogP contribution is 2.29. The van der Waals surface area contributed by atoms with E-state index in [4.69, 9.17) is 0 Å². The summed E-state index contributed by atoms with van der Waals surface area (Å²) in [4.78, 5) is 26.0. The van der Waals surface area contributed by atoms with E-state index in [1.165, 1.54) is 12.1 Å². The van der Waals surface area contributed by atoms with E-state index >= 15 is 0 Å². The van der Waals surface area contributed by atoms with Crippen LogP contribution < -0.4 is 10.2 Å². The average molecular weight is 362 g/mol. The first-order valence-corrected chi connectivity index (χ1v) is 8.09. The quantitative estimate of drug-likeness (QED) is 0.908. The van der Waals surface area contributed by atoms with Gasteiger partial charge in [-0.3, -0.25) is 9.59 Å². The Morgan fingerprint density at radius 3 is 2.50 bits per heavy atom. The molecule has 26 heavy (non-hydrogen) atoms. The average Bonchev–Trinajstić information content (AvgIpc) is 2.95. The Balaban J connectivity index is 1.69. The third-order valence-electron chi connectivity index (χ3n) is 4.26. The van der Waals surface area contributed by atoms with Crippen LogP contribution in [0, 0.1) is 6.92 Å². The molecule has 2 aromatic carbocycles. The van der Waals surface area contributed by atoms with Crippen LogP contribution in [0.25, 0.3) is 0 Å². The van der Waals surface area contributed by atoms with Crippen molar-refractivity contribution in [2.45, 2.75) is 25.6 Å². The number of aryl methyl sites for hydroxylation is 1. The summed E-state index contributed by atoms with van der Waals surface area (Å²) >= 11 is 0. The normalized spacial score (nSPS) is 17.5. The highest BCUT2D eigenvalue weighted by molar-refractivity contribution is 5.99. The first-order chi connectivity index (χ1) is 12.2. The Morgan fingerprint density at radius 1 is 1.15 bits per heavy atom. The van der Waals surface area contributed by atoms with Crippen LogP contribution in [0.5, 0.6) is 0 Å². The topological polar surface area (TPSA) is 49.4 Å². The SMILES string of the molecule is Cc1ccc(N2C[C@@H](NC(=O)c3cccc(C(F)(F)F)c3)CC2=O)cc1. The van der Waals surface area contributed by atoms with Crippen LogP contribution in [-0.2, 0) is 11.0 Å². The molecular formula is C19H17F3N2O2. The third kappa shape index (κ3) is 3.87. The predicted octanol–water partition coefficient (Wildman–Crippen LogP) is 3.55. The Morgan fingerprint density at radius 2 is 1.85 bits per heavy atom. The van der Waals surface area contributed by atoms with Crippen molar-refractivity contribution in [3.8, 4) is 0 Å². The molecule has 7 heteroatoms. The highest BCUT2D eigenvalue weighted by atomic mass is 19.4. The summed E-state index contributed by atoms with van der Waals surface area (Å²) in [6.07, 6.45) is -4.40. The van der Waals surface area contributed by atoms with Crippen molar-refractivity contribution in [3.63, 3.8) is 0 Å². The van der Waals surface area contributed by atoms with E-state index in [2.05, 4.69) is 5.32 Å². The van der Waals surface area contributed by atoms with Gasteiger partial charge in [-0.05, 0) is 37.3 Å². The molecule has 1 saturated heterocycles. The molecule has 0 aromatic heterocycles. The summed E-state index contributed by atoms with van der Waals surface area (Å²) in [5, 5.41) is 2.65. The molecule has 0 saturated carbocycles. The van der Waals surface area contributed by atoms with Crippen LogP contribution in [0.1, 0.15) is 27.9 Å². The number of anilines is 1. The first-order valence-electron chi connectivity index (χ1n) is 8.09. The number of nitrogens with one attached hydrogen (secondary N) is 1. The summed E-state index contributed by atoms with van der Waals surface area (Å²) in [6, 6.07) is 11.2. The van der Waals surface area contributed by atoms with Crippen molar-refractivity contribution < 1.29 is 22.8 Å². The number of benzene rings is 2. The predicted molar refractivity (Wildman–Crippen MR) is 90.8 cm³/mol. The lowest BCUT2D eigenvalue weighted by Gasteiger charge is -2.17. The number of carbonyl (C=O) groups is 2. The van der Waals surface area contributed by atoms with Crippen molar-refractivity contribution in [2.75, 3.05) is 11.4 Å². The molecule has 1 aliphatic rings. The van der Waals surface area contributed by atoms with Crippen LogP contribution in [0.15, 0.2) is 48.5 Å². The van der Waals surface area contributed by atoms with Gasteiger partial charge >= 0.3 is 6.18 Å². The Hall–Kier alpha value is -2.83. The van der Waals surface area contributed by atoms with Gasteiger partial charge < -0.3 is 10.2 Å². The fourth-order valence-corrected chi connectivity index (χ4v) is 2.88. The molecule has 0 unspecified atom stereocenters. The van der Waals surface area contributed by atoms with Crippen LogP contribution >= 0.6 is 0 Å². The van der Waals surface area contributed by atoms with E-state index in [0.717, 1.165) is 23.4 Å². The molecule has 1 N–H and O–H groups in total. The number of hydrogen-bond acceptors (Lipinski definition) is 2. The number of carbonyl (C=O) groups excluding carboxylic acids is 2. The minimum Gasteiger partial charge on any atom is -0.347 e. The van der Waals surface area contributed by atoms with Gasteiger partial charge in [-0.1, -0.05) is 23.8 Å². The van der Waals surface area contributed by atoms with Crippen LogP contribution in [0.3, 0.4) is 0 Å². The number of amides is 2. The standard InChI is InChI=1S/C19H17F3N2O2/c1-12-5-7-16(8-6-12)24-11-15(10-17(24)25)23-18(26)13-3-2-4-14(9-13)19(20,21)22/h2-9,15H,10-11H2,1H3,(H,23,26)/t15-/m0/s1. The van der Waals surface area contributed by atoms with Crippen LogP contribution in [0.2, 0.25) is 0 Å². The molecule has 1 heterocycles.